The Kier molecular flexibility index (Phi) is 6.20. The number of nitrogens with zero attached hydrogens (tertiary/aromatic N) is 1. The molecule has 25 heavy (non-hydrogen) atoms. The first kappa shape index (κ1) is 17.6. The predicted molar refractivity (Wildman–Crippen MR) is 104 cm³/mol. The van der Waals surface area contributed by atoms with E-state index in [0.717, 1.165) is 29.4 Å². The van der Waals surface area contributed by atoms with Gasteiger partial charge in [0.25, 0.3) is 0 Å². The van der Waals surface area contributed by atoms with Crippen LogP contribution in [0.15, 0.2) is 60.0 Å². The highest BCUT2D eigenvalue weighted by Crippen LogP contribution is 2.24. The molecule has 0 radical (unpaired) electrons. The third-order valence-corrected chi connectivity index (χ3v) is 4.86. The zero-order valence-electron chi connectivity index (χ0n) is 14.7. The van der Waals surface area contributed by atoms with E-state index in [1.165, 1.54) is 11.1 Å². The van der Waals surface area contributed by atoms with Crippen molar-refractivity contribution in [2.24, 2.45) is 0 Å². The first-order chi connectivity index (χ1) is 12.2. The van der Waals surface area contributed by atoms with Gasteiger partial charge >= 0.3 is 0 Å². The topological polar surface area (TPSA) is 34.2 Å². The molecule has 3 aromatic rings. The Morgan fingerprint density at radius 1 is 1.12 bits per heavy atom. The maximum Gasteiger partial charge on any atom is 0.120 e. The van der Waals surface area contributed by atoms with E-state index in [4.69, 9.17) is 4.74 Å². The first-order valence-corrected chi connectivity index (χ1v) is 9.53. The van der Waals surface area contributed by atoms with Gasteiger partial charge in [0.15, 0.2) is 0 Å². The number of benzene rings is 2. The fraction of sp³-hybridized carbons (Fsp3) is 0.286. The minimum Gasteiger partial charge on any atom is -0.489 e. The molecule has 0 aliphatic rings. The molecule has 0 amide bonds. The van der Waals surface area contributed by atoms with Crippen LogP contribution in [-0.4, -0.2) is 11.5 Å². The van der Waals surface area contributed by atoms with E-state index in [-0.39, 0.29) is 6.04 Å². The number of rotatable bonds is 8. The molecule has 1 unspecified atom stereocenters. The van der Waals surface area contributed by atoms with Crippen LogP contribution in [0, 0.1) is 6.92 Å². The number of likely N-dealkylation sites (N-methyl/N-ethyl adjacent to an activating group) is 1. The summed E-state index contributed by atoms with van der Waals surface area (Å²) in [6, 6.07) is 18.9. The van der Waals surface area contributed by atoms with Gasteiger partial charge in [0, 0.05) is 17.8 Å². The summed E-state index contributed by atoms with van der Waals surface area (Å²) in [5, 5.41) is 6.83. The molecule has 3 nitrogen and oxygen atoms in total. The highest BCUT2D eigenvalue weighted by Gasteiger charge is 2.14. The van der Waals surface area contributed by atoms with Crippen LogP contribution in [0.4, 0.5) is 0 Å². The Hall–Kier alpha value is -2.17. The maximum absolute atomic E-state index is 5.97. The largest absolute Gasteiger partial charge is 0.489 e. The van der Waals surface area contributed by atoms with Gasteiger partial charge in [0.2, 0.25) is 0 Å². The molecule has 0 fully saturated rings. The molecule has 0 aliphatic carbocycles. The van der Waals surface area contributed by atoms with Crippen LogP contribution in [0.2, 0.25) is 0 Å². The summed E-state index contributed by atoms with van der Waals surface area (Å²) >= 11 is 1.70. The summed E-state index contributed by atoms with van der Waals surface area (Å²) in [5.41, 5.74) is 3.55. The summed E-state index contributed by atoms with van der Waals surface area (Å²) in [6.45, 7) is 5.69. The number of aryl methyl sites for hydroxylation is 1. The van der Waals surface area contributed by atoms with Gasteiger partial charge in [-0.15, -0.1) is 11.3 Å². The average Bonchev–Trinajstić information content (AvgIpc) is 3.06. The quantitative estimate of drug-likeness (QED) is 0.624. The third kappa shape index (κ3) is 5.15. The Morgan fingerprint density at radius 2 is 1.96 bits per heavy atom. The molecule has 130 valence electrons. The number of hydrogen-bond acceptors (Lipinski definition) is 4. The summed E-state index contributed by atoms with van der Waals surface area (Å²) in [6.07, 6.45) is 0.889. The molecule has 2 aromatic carbocycles. The van der Waals surface area contributed by atoms with Crippen molar-refractivity contribution in [1.29, 1.82) is 0 Å². The third-order valence-electron chi connectivity index (χ3n) is 4.04. The fourth-order valence-electron chi connectivity index (χ4n) is 2.83. The molecule has 1 heterocycles. The minimum absolute atomic E-state index is 0.242. The summed E-state index contributed by atoms with van der Waals surface area (Å²) in [5.74, 6) is 0.902. The Labute approximate surface area is 153 Å². The second-order valence-corrected chi connectivity index (χ2v) is 7.08. The number of nitrogens with one attached hydrogen (secondary N) is 1. The Morgan fingerprint density at radius 3 is 2.68 bits per heavy atom. The first-order valence-electron chi connectivity index (χ1n) is 8.65. The normalized spacial score (nSPS) is 12.1. The van der Waals surface area contributed by atoms with Crippen molar-refractivity contribution in [2.75, 3.05) is 6.54 Å². The van der Waals surface area contributed by atoms with Crippen LogP contribution in [-0.2, 0) is 13.0 Å². The van der Waals surface area contributed by atoms with Gasteiger partial charge < -0.3 is 10.1 Å². The van der Waals surface area contributed by atoms with E-state index in [1.54, 1.807) is 11.3 Å². The molecule has 0 saturated carbocycles. The van der Waals surface area contributed by atoms with Crippen molar-refractivity contribution >= 4 is 11.3 Å². The molecule has 4 heteroatoms. The highest BCUT2D eigenvalue weighted by molar-refractivity contribution is 7.09. The number of aromatic nitrogens is 1. The monoisotopic (exact) mass is 352 g/mol. The van der Waals surface area contributed by atoms with Crippen molar-refractivity contribution < 1.29 is 4.74 Å². The molecule has 1 aromatic heterocycles. The Balaban J connectivity index is 1.70. The molecule has 0 bridgehead atoms. The molecular formula is C21H24N2OS. The SMILES string of the molecule is CCNC(Cc1csc(C)n1)c1cccc(OCc2ccccc2)c1. The molecule has 1 atom stereocenters. The highest BCUT2D eigenvalue weighted by atomic mass is 32.1. The molecular weight excluding hydrogens is 328 g/mol. The van der Waals surface area contributed by atoms with Crippen molar-refractivity contribution in [3.63, 3.8) is 0 Å². The fourth-order valence-corrected chi connectivity index (χ4v) is 3.45. The zero-order chi connectivity index (χ0) is 17.5. The van der Waals surface area contributed by atoms with Crippen LogP contribution in [0.5, 0.6) is 5.75 Å². The second kappa shape index (κ2) is 8.79. The maximum atomic E-state index is 5.97. The van der Waals surface area contributed by atoms with E-state index in [9.17, 15) is 0 Å². The number of ether oxygens (including phenoxy) is 1. The molecule has 0 aliphatic heterocycles. The minimum atomic E-state index is 0.242. The lowest BCUT2D eigenvalue weighted by molar-refractivity contribution is 0.305. The second-order valence-electron chi connectivity index (χ2n) is 6.02. The number of thiazole rings is 1. The van der Waals surface area contributed by atoms with Crippen LogP contribution in [0.3, 0.4) is 0 Å². The van der Waals surface area contributed by atoms with E-state index >= 15 is 0 Å². The summed E-state index contributed by atoms with van der Waals surface area (Å²) < 4.78 is 5.97. The van der Waals surface area contributed by atoms with Gasteiger partial charge in [-0.05, 0) is 36.7 Å². The summed E-state index contributed by atoms with van der Waals surface area (Å²) in [7, 11) is 0. The standard InChI is InChI=1S/C21H24N2OS/c1-3-22-21(13-19-15-25-16(2)23-19)18-10-7-11-20(12-18)24-14-17-8-5-4-6-9-17/h4-12,15,21-22H,3,13-14H2,1-2H3. The van der Waals surface area contributed by atoms with E-state index in [1.807, 2.05) is 24.3 Å². The van der Waals surface area contributed by atoms with Gasteiger partial charge in [0.1, 0.15) is 12.4 Å². The lowest BCUT2D eigenvalue weighted by Crippen LogP contribution is -2.23. The molecule has 0 spiro atoms. The number of hydrogen-bond donors (Lipinski definition) is 1. The lowest BCUT2D eigenvalue weighted by atomic mass is 10.0. The zero-order valence-corrected chi connectivity index (χ0v) is 15.6. The molecule has 1 N–H and O–H groups in total. The van der Waals surface area contributed by atoms with Crippen LogP contribution < -0.4 is 10.1 Å². The van der Waals surface area contributed by atoms with Crippen molar-refractivity contribution in [3.8, 4) is 5.75 Å². The van der Waals surface area contributed by atoms with Crippen LogP contribution in [0.1, 0.15) is 34.8 Å². The smallest absolute Gasteiger partial charge is 0.120 e. The van der Waals surface area contributed by atoms with Crippen LogP contribution >= 0.6 is 11.3 Å². The van der Waals surface area contributed by atoms with Crippen molar-refractivity contribution in [3.05, 3.63) is 81.8 Å². The summed E-state index contributed by atoms with van der Waals surface area (Å²) in [4.78, 5) is 4.60. The van der Waals surface area contributed by atoms with Gasteiger partial charge in [-0.2, -0.15) is 0 Å². The van der Waals surface area contributed by atoms with E-state index in [0.29, 0.717) is 6.61 Å². The van der Waals surface area contributed by atoms with E-state index < -0.39 is 0 Å². The molecule has 3 rings (SSSR count). The van der Waals surface area contributed by atoms with E-state index in [2.05, 4.69) is 59.9 Å². The van der Waals surface area contributed by atoms with Crippen LogP contribution in [0.25, 0.3) is 0 Å². The van der Waals surface area contributed by atoms with Gasteiger partial charge in [-0.3, -0.25) is 0 Å². The Bertz CT molecular complexity index is 785. The van der Waals surface area contributed by atoms with Gasteiger partial charge in [-0.1, -0.05) is 49.4 Å². The van der Waals surface area contributed by atoms with Crippen molar-refractivity contribution in [1.82, 2.24) is 10.3 Å². The predicted octanol–water partition coefficient (Wildman–Crippen LogP) is 4.92. The van der Waals surface area contributed by atoms with Gasteiger partial charge in [0.05, 0.1) is 10.7 Å². The van der Waals surface area contributed by atoms with Gasteiger partial charge in [-0.25, -0.2) is 4.98 Å². The van der Waals surface area contributed by atoms with Crippen molar-refractivity contribution in [2.45, 2.75) is 32.9 Å². The molecule has 0 saturated heterocycles. The lowest BCUT2D eigenvalue weighted by Gasteiger charge is -2.18. The average molecular weight is 353 g/mol.